The molecule has 0 radical (unpaired) electrons. The number of carbonyl (C=O) groups is 2. The number of carbonyl (C=O) groups excluding carboxylic acids is 2. The highest BCUT2D eigenvalue weighted by molar-refractivity contribution is 8.00. The van der Waals surface area contributed by atoms with Gasteiger partial charge in [-0.3, -0.25) is 14.2 Å². The lowest BCUT2D eigenvalue weighted by molar-refractivity contribution is -0.115. The van der Waals surface area contributed by atoms with Crippen LogP contribution in [0.1, 0.15) is 38.4 Å². The lowest BCUT2D eigenvalue weighted by Crippen LogP contribution is -2.23. The van der Waals surface area contributed by atoms with Gasteiger partial charge in [-0.2, -0.15) is 0 Å². The molecule has 0 bridgehead atoms. The molecule has 9 heteroatoms. The van der Waals surface area contributed by atoms with Crippen molar-refractivity contribution in [2.75, 3.05) is 10.6 Å². The maximum absolute atomic E-state index is 13.4. The van der Waals surface area contributed by atoms with Crippen molar-refractivity contribution in [3.8, 4) is 5.69 Å². The van der Waals surface area contributed by atoms with Gasteiger partial charge in [0.2, 0.25) is 11.8 Å². The Hall–Kier alpha value is -3.20. The summed E-state index contributed by atoms with van der Waals surface area (Å²) >= 11 is 1.28. The fourth-order valence-corrected chi connectivity index (χ4v) is 4.03. The number of aromatic nitrogens is 3. The highest BCUT2D eigenvalue weighted by Gasteiger charge is 2.32. The SMILES string of the molecule is CC(=O)Nc1cccc(-n2c(SC(C)C(=O)Nc3cccc(F)c3)nnc2C2CC2)c1. The summed E-state index contributed by atoms with van der Waals surface area (Å²) in [6, 6.07) is 13.2. The van der Waals surface area contributed by atoms with Crippen molar-refractivity contribution in [2.24, 2.45) is 0 Å². The van der Waals surface area contributed by atoms with E-state index in [1.165, 1.54) is 30.8 Å². The van der Waals surface area contributed by atoms with Crippen LogP contribution in [-0.2, 0) is 9.59 Å². The van der Waals surface area contributed by atoms with Crippen molar-refractivity contribution in [3.05, 3.63) is 60.2 Å². The Morgan fingerprint density at radius 3 is 2.48 bits per heavy atom. The highest BCUT2D eigenvalue weighted by Crippen LogP contribution is 2.41. The third kappa shape index (κ3) is 5.11. The lowest BCUT2D eigenvalue weighted by atomic mass is 10.2. The molecule has 1 atom stereocenters. The van der Waals surface area contributed by atoms with E-state index < -0.39 is 11.1 Å². The van der Waals surface area contributed by atoms with Crippen LogP contribution in [0.5, 0.6) is 0 Å². The van der Waals surface area contributed by atoms with E-state index in [1.54, 1.807) is 19.1 Å². The topological polar surface area (TPSA) is 88.9 Å². The van der Waals surface area contributed by atoms with Crippen LogP contribution in [0.15, 0.2) is 53.7 Å². The zero-order valence-electron chi connectivity index (χ0n) is 17.1. The van der Waals surface area contributed by atoms with E-state index >= 15 is 0 Å². The summed E-state index contributed by atoms with van der Waals surface area (Å²) in [6.07, 6.45) is 2.09. The van der Waals surface area contributed by atoms with Gasteiger partial charge in [0.1, 0.15) is 11.6 Å². The van der Waals surface area contributed by atoms with Gasteiger partial charge in [-0.15, -0.1) is 10.2 Å². The number of hydrogen-bond donors (Lipinski definition) is 2. The summed E-state index contributed by atoms with van der Waals surface area (Å²) < 4.78 is 15.3. The first-order chi connectivity index (χ1) is 14.9. The fourth-order valence-electron chi connectivity index (χ4n) is 3.15. The Morgan fingerprint density at radius 2 is 1.81 bits per heavy atom. The molecule has 0 saturated heterocycles. The molecular weight excluding hydrogens is 417 g/mol. The van der Waals surface area contributed by atoms with Gasteiger partial charge in [0.05, 0.1) is 10.9 Å². The van der Waals surface area contributed by atoms with E-state index in [9.17, 15) is 14.0 Å². The average Bonchev–Trinajstić information content (AvgIpc) is 3.48. The van der Waals surface area contributed by atoms with Crippen LogP contribution in [0.4, 0.5) is 15.8 Å². The second-order valence-electron chi connectivity index (χ2n) is 7.44. The van der Waals surface area contributed by atoms with Crippen molar-refractivity contribution in [1.29, 1.82) is 0 Å². The molecule has 2 aromatic carbocycles. The molecule has 160 valence electrons. The van der Waals surface area contributed by atoms with Gasteiger partial charge in [-0.25, -0.2) is 4.39 Å². The van der Waals surface area contributed by atoms with Gasteiger partial charge in [0.15, 0.2) is 5.16 Å². The van der Waals surface area contributed by atoms with Crippen molar-refractivity contribution in [1.82, 2.24) is 14.8 Å². The minimum absolute atomic E-state index is 0.152. The Morgan fingerprint density at radius 1 is 1.10 bits per heavy atom. The van der Waals surface area contributed by atoms with E-state index in [2.05, 4.69) is 20.8 Å². The quantitative estimate of drug-likeness (QED) is 0.534. The number of thioether (sulfide) groups is 1. The van der Waals surface area contributed by atoms with E-state index in [0.717, 1.165) is 24.4 Å². The monoisotopic (exact) mass is 439 g/mol. The zero-order chi connectivity index (χ0) is 22.0. The number of rotatable bonds is 7. The smallest absolute Gasteiger partial charge is 0.237 e. The van der Waals surface area contributed by atoms with Crippen LogP contribution < -0.4 is 10.6 Å². The normalized spacial score (nSPS) is 14.2. The second kappa shape index (κ2) is 8.89. The molecule has 3 aromatic rings. The average molecular weight is 440 g/mol. The molecule has 1 heterocycles. The third-order valence-electron chi connectivity index (χ3n) is 4.77. The predicted molar refractivity (Wildman–Crippen MR) is 118 cm³/mol. The van der Waals surface area contributed by atoms with Crippen molar-refractivity contribution in [2.45, 2.75) is 43.0 Å². The van der Waals surface area contributed by atoms with E-state index in [4.69, 9.17) is 0 Å². The third-order valence-corrected chi connectivity index (χ3v) is 5.81. The Kier molecular flexibility index (Phi) is 6.03. The summed E-state index contributed by atoms with van der Waals surface area (Å²) in [5, 5.41) is 14.3. The molecule has 2 N–H and O–H groups in total. The van der Waals surface area contributed by atoms with Crippen molar-refractivity contribution < 1.29 is 14.0 Å². The second-order valence-corrected chi connectivity index (χ2v) is 8.75. The Balaban J connectivity index is 1.58. The molecule has 1 aromatic heterocycles. The van der Waals surface area contributed by atoms with Crippen molar-refractivity contribution >= 4 is 35.0 Å². The number of nitrogens with one attached hydrogen (secondary N) is 2. The molecule has 1 saturated carbocycles. The highest BCUT2D eigenvalue weighted by atomic mass is 32.2. The van der Waals surface area contributed by atoms with Gasteiger partial charge >= 0.3 is 0 Å². The first-order valence-corrected chi connectivity index (χ1v) is 10.8. The van der Waals surface area contributed by atoms with Crippen LogP contribution in [0.2, 0.25) is 0 Å². The first kappa shape index (κ1) is 21.0. The standard InChI is InChI=1S/C22H22FN5O2S/c1-13(21(30)25-17-6-3-5-16(23)11-17)31-22-27-26-20(15-9-10-15)28(22)19-8-4-7-18(12-19)24-14(2)29/h3-8,11-13,15H,9-10H2,1-2H3,(H,24,29)(H,25,30). The molecule has 0 spiro atoms. The molecule has 2 amide bonds. The molecular formula is C22H22FN5O2S. The van der Waals surface area contributed by atoms with Gasteiger partial charge in [-0.1, -0.05) is 23.9 Å². The number of hydrogen-bond acceptors (Lipinski definition) is 5. The maximum Gasteiger partial charge on any atom is 0.237 e. The Bertz CT molecular complexity index is 1130. The van der Waals surface area contributed by atoms with E-state index in [0.29, 0.717) is 22.4 Å². The number of amides is 2. The first-order valence-electron chi connectivity index (χ1n) is 9.97. The molecule has 4 rings (SSSR count). The summed E-state index contributed by atoms with van der Waals surface area (Å²) in [4.78, 5) is 24.1. The van der Waals surface area contributed by atoms with E-state index in [1.807, 2.05) is 28.8 Å². The molecule has 0 aliphatic heterocycles. The van der Waals surface area contributed by atoms with Crippen LogP contribution in [0, 0.1) is 5.82 Å². The minimum Gasteiger partial charge on any atom is -0.326 e. The minimum atomic E-state index is -0.489. The molecule has 1 fully saturated rings. The number of halogens is 1. The maximum atomic E-state index is 13.4. The fraction of sp³-hybridized carbons (Fsp3) is 0.273. The van der Waals surface area contributed by atoms with Gasteiger partial charge in [-0.05, 0) is 56.2 Å². The van der Waals surface area contributed by atoms with Crippen molar-refractivity contribution in [3.63, 3.8) is 0 Å². The van der Waals surface area contributed by atoms with Gasteiger partial charge in [0.25, 0.3) is 0 Å². The zero-order valence-corrected chi connectivity index (χ0v) is 17.9. The summed E-state index contributed by atoms with van der Waals surface area (Å²) in [5.74, 6) is 0.361. The summed E-state index contributed by atoms with van der Waals surface area (Å²) in [6.45, 7) is 3.23. The number of nitrogens with zero attached hydrogens (tertiary/aromatic N) is 3. The predicted octanol–water partition coefficient (Wildman–Crippen LogP) is 4.36. The largest absolute Gasteiger partial charge is 0.326 e. The lowest BCUT2D eigenvalue weighted by Gasteiger charge is -2.14. The van der Waals surface area contributed by atoms with Crippen LogP contribution in [0.3, 0.4) is 0 Å². The van der Waals surface area contributed by atoms with Crippen LogP contribution >= 0.6 is 11.8 Å². The van der Waals surface area contributed by atoms with Crippen LogP contribution in [0.25, 0.3) is 5.69 Å². The molecule has 1 aliphatic carbocycles. The molecule has 1 unspecified atom stereocenters. The van der Waals surface area contributed by atoms with Gasteiger partial charge < -0.3 is 10.6 Å². The number of benzene rings is 2. The molecule has 31 heavy (non-hydrogen) atoms. The van der Waals surface area contributed by atoms with Crippen LogP contribution in [-0.4, -0.2) is 31.8 Å². The molecule has 1 aliphatic rings. The summed E-state index contributed by atoms with van der Waals surface area (Å²) in [5.41, 5.74) is 1.90. The molecule has 7 nitrogen and oxygen atoms in total. The number of anilines is 2. The van der Waals surface area contributed by atoms with E-state index in [-0.39, 0.29) is 11.8 Å². The summed E-state index contributed by atoms with van der Waals surface area (Å²) in [7, 11) is 0. The Labute approximate surface area is 183 Å². The van der Waals surface area contributed by atoms with Gasteiger partial charge in [0, 0.05) is 24.2 Å².